The van der Waals surface area contributed by atoms with Crippen LogP contribution in [-0.2, 0) is 23.7 Å². The lowest BCUT2D eigenvalue weighted by atomic mass is 9.94. The fourth-order valence-corrected chi connectivity index (χ4v) is 6.80. The summed E-state index contributed by atoms with van der Waals surface area (Å²) in [4.78, 5) is 42.5. The average Bonchev–Trinajstić information content (AvgIpc) is 3.51. The molecule has 3 rings (SSSR count). The van der Waals surface area contributed by atoms with E-state index in [1.165, 1.54) is 37.8 Å². The Morgan fingerprint density at radius 2 is 1.36 bits per heavy atom. The minimum absolute atomic E-state index is 0.0219. The molecule has 10 nitrogen and oxygen atoms in total. The molecule has 0 amide bonds. The number of unbranched alkanes of at least 4 members (excludes halogenated alkanes) is 5. The zero-order valence-electron chi connectivity index (χ0n) is 34.3. The number of rotatable bonds is 28. The Morgan fingerprint density at radius 1 is 0.764 bits per heavy atom. The summed E-state index contributed by atoms with van der Waals surface area (Å²) in [7, 11) is 0. The van der Waals surface area contributed by atoms with Crippen LogP contribution < -0.4 is 4.90 Å². The summed E-state index contributed by atoms with van der Waals surface area (Å²) in [6, 6.07) is 11.4. The number of carbonyl (C=O) groups is 3. The van der Waals surface area contributed by atoms with Crippen LogP contribution in [0.5, 0.6) is 5.75 Å². The highest BCUT2D eigenvalue weighted by Crippen LogP contribution is 2.32. The Bertz CT molecular complexity index is 1520. The highest BCUT2D eigenvalue weighted by atomic mass is 16.6. The Kier molecular flexibility index (Phi) is 20.2. The predicted molar refractivity (Wildman–Crippen MR) is 216 cm³/mol. The van der Waals surface area contributed by atoms with Crippen LogP contribution >= 0.6 is 0 Å². The Labute approximate surface area is 329 Å². The van der Waals surface area contributed by atoms with Crippen molar-refractivity contribution in [3.8, 4) is 5.75 Å². The lowest BCUT2D eigenvalue weighted by Gasteiger charge is -2.33. The molecule has 0 aromatic heterocycles. The number of ether oxygens (including phenoxy) is 4. The summed E-state index contributed by atoms with van der Waals surface area (Å²) in [5.74, 6) is -1.24. The number of ketones is 1. The van der Waals surface area contributed by atoms with Gasteiger partial charge in [-0.2, -0.15) is 0 Å². The molecule has 0 fully saturated rings. The van der Waals surface area contributed by atoms with Crippen LogP contribution in [0, 0.1) is 11.8 Å². The van der Waals surface area contributed by atoms with Crippen molar-refractivity contribution in [3.05, 3.63) is 70.7 Å². The number of cyclic esters (lactones) is 1. The van der Waals surface area contributed by atoms with E-state index in [0.717, 1.165) is 76.6 Å². The number of nitrogens with zero attached hydrogens (tertiary/aromatic N) is 1. The number of carbonyl (C=O) groups excluding carboxylic acids is 3. The van der Waals surface area contributed by atoms with Crippen molar-refractivity contribution in [3.63, 3.8) is 0 Å². The van der Waals surface area contributed by atoms with Crippen molar-refractivity contribution < 1.29 is 43.5 Å². The van der Waals surface area contributed by atoms with Crippen LogP contribution in [0.3, 0.4) is 0 Å². The second kappa shape index (κ2) is 24.5. The van der Waals surface area contributed by atoms with Gasteiger partial charge in [-0.15, -0.1) is 0 Å². The number of anilines is 1. The van der Waals surface area contributed by atoms with Crippen LogP contribution in [0.4, 0.5) is 5.69 Å². The van der Waals surface area contributed by atoms with Gasteiger partial charge in [0.1, 0.15) is 18.5 Å². The number of phenols is 1. The van der Waals surface area contributed by atoms with Gasteiger partial charge < -0.3 is 34.1 Å². The van der Waals surface area contributed by atoms with Gasteiger partial charge in [0.25, 0.3) is 0 Å². The molecule has 1 aliphatic heterocycles. The summed E-state index contributed by atoms with van der Waals surface area (Å²) in [5.41, 5.74) is 0.978. The maximum atomic E-state index is 14.0. The summed E-state index contributed by atoms with van der Waals surface area (Å²) in [6.07, 6.45) is 10.9. The van der Waals surface area contributed by atoms with E-state index < -0.39 is 36.5 Å². The van der Waals surface area contributed by atoms with Gasteiger partial charge in [0.05, 0.1) is 24.3 Å². The molecule has 4 atom stereocenters. The van der Waals surface area contributed by atoms with Crippen molar-refractivity contribution in [1.82, 2.24) is 0 Å². The molecule has 2 aromatic carbocycles. The van der Waals surface area contributed by atoms with Gasteiger partial charge in [-0.1, -0.05) is 118 Å². The monoisotopic (exact) mass is 765 g/mol. The minimum Gasteiger partial charge on any atom is -0.507 e. The Morgan fingerprint density at radius 3 is 1.96 bits per heavy atom. The zero-order chi connectivity index (χ0) is 40.2. The molecule has 2 unspecified atom stereocenters. The first-order valence-electron chi connectivity index (χ1n) is 20.9. The van der Waals surface area contributed by atoms with Gasteiger partial charge in [-0.25, -0.2) is 9.59 Å². The second-order valence-electron chi connectivity index (χ2n) is 14.8. The summed E-state index contributed by atoms with van der Waals surface area (Å²) in [5, 5.41) is 22.4. The van der Waals surface area contributed by atoms with E-state index in [1.807, 2.05) is 19.9 Å². The summed E-state index contributed by atoms with van der Waals surface area (Å²) in [6.45, 7) is 14.7. The number of hydrogen-bond donors (Lipinski definition) is 2. The van der Waals surface area contributed by atoms with Crippen molar-refractivity contribution in [2.45, 2.75) is 137 Å². The predicted octanol–water partition coefficient (Wildman–Crippen LogP) is 9.54. The van der Waals surface area contributed by atoms with Gasteiger partial charge >= 0.3 is 11.9 Å². The zero-order valence-corrected chi connectivity index (χ0v) is 34.3. The molecule has 1 heterocycles. The first kappa shape index (κ1) is 45.3. The smallest absolute Gasteiger partial charge is 0.378 e. The standard InChI is InChI=1S/C45H67NO9/c1-7-13-17-21-33(12-6)30-46(29-32(11-5)20-14-8-2)34-24-25-37(38(47)28-34)40(49)35-22-18-19-23-36(35)44(50)54-31-39(48)41-42(52-26-15-9-3)43(45(51)55-41)53-27-16-10-4/h18-19,22-25,28,32-33,39,41,47-48H,7-17,20-21,26-27,29-31H2,1-6H3/t32?,33?,39-,41+/m0/s1. The number of aliphatic hydroxyl groups excluding tert-OH is 1. The number of hydrogen-bond acceptors (Lipinski definition) is 10. The van der Waals surface area contributed by atoms with E-state index in [4.69, 9.17) is 18.9 Å². The van der Waals surface area contributed by atoms with E-state index >= 15 is 0 Å². The van der Waals surface area contributed by atoms with Crippen molar-refractivity contribution >= 4 is 23.4 Å². The highest BCUT2D eigenvalue weighted by Gasteiger charge is 2.42. The van der Waals surface area contributed by atoms with Crippen molar-refractivity contribution in [2.24, 2.45) is 11.8 Å². The number of esters is 2. The molecule has 0 aliphatic carbocycles. The number of aromatic hydroxyl groups is 1. The average molecular weight is 766 g/mol. The third kappa shape index (κ3) is 13.6. The van der Waals surface area contributed by atoms with Crippen LogP contribution in [0.2, 0.25) is 0 Å². The number of phenolic OH excluding ortho intramolecular Hbond substituents is 1. The van der Waals surface area contributed by atoms with E-state index in [9.17, 15) is 24.6 Å². The third-order valence-electron chi connectivity index (χ3n) is 10.4. The molecule has 0 spiro atoms. The second-order valence-corrected chi connectivity index (χ2v) is 14.8. The molecule has 1 aliphatic rings. The topological polar surface area (TPSA) is 132 Å². The molecule has 10 heteroatoms. The molecule has 55 heavy (non-hydrogen) atoms. The molecule has 0 radical (unpaired) electrons. The first-order chi connectivity index (χ1) is 26.6. The Hall–Kier alpha value is -4.05. The first-order valence-corrected chi connectivity index (χ1v) is 20.9. The van der Waals surface area contributed by atoms with Gasteiger partial charge in [0.2, 0.25) is 5.76 Å². The van der Waals surface area contributed by atoms with E-state index in [0.29, 0.717) is 18.4 Å². The molecule has 306 valence electrons. The molecular weight excluding hydrogens is 698 g/mol. The lowest BCUT2D eigenvalue weighted by Crippen LogP contribution is -2.34. The fourth-order valence-electron chi connectivity index (χ4n) is 6.80. The minimum atomic E-state index is -1.45. The third-order valence-corrected chi connectivity index (χ3v) is 10.4. The van der Waals surface area contributed by atoms with Crippen LogP contribution in [0.25, 0.3) is 0 Å². The molecular formula is C45H67NO9. The molecule has 2 aromatic rings. The largest absolute Gasteiger partial charge is 0.507 e. The van der Waals surface area contributed by atoms with Gasteiger partial charge in [-0.05, 0) is 55.7 Å². The van der Waals surface area contributed by atoms with E-state index in [2.05, 4.69) is 32.6 Å². The van der Waals surface area contributed by atoms with Gasteiger partial charge in [0.15, 0.2) is 17.6 Å². The molecule has 0 bridgehead atoms. The van der Waals surface area contributed by atoms with Crippen LogP contribution in [0.1, 0.15) is 151 Å². The van der Waals surface area contributed by atoms with E-state index in [1.54, 1.807) is 24.3 Å². The maximum Gasteiger partial charge on any atom is 0.378 e. The SMILES string of the molecule is CCCCCC(CC)CN(CC(CC)CCCC)c1ccc(C(=O)c2ccccc2C(=O)OC[C@H](O)[C@H]2OC(=O)C(OCCCC)=C2OCCCC)c(O)c1. The summed E-state index contributed by atoms with van der Waals surface area (Å²) >= 11 is 0. The maximum absolute atomic E-state index is 14.0. The van der Waals surface area contributed by atoms with Crippen molar-refractivity contribution in [2.75, 3.05) is 37.8 Å². The molecule has 0 saturated heterocycles. The Balaban J connectivity index is 1.80. The quantitative estimate of drug-likeness (QED) is 0.0491. The van der Waals surface area contributed by atoms with Gasteiger partial charge in [0, 0.05) is 30.4 Å². The number of aliphatic hydroxyl groups is 1. The van der Waals surface area contributed by atoms with Crippen LogP contribution in [-0.4, -0.2) is 73.1 Å². The lowest BCUT2D eigenvalue weighted by molar-refractivity contribution is -0.148. The molecule has 0 saturated carbocycles. The normalized spacial score (nSPS) is 15.7. The summed E-state index contributed by atoms with van der Waals surface area (Å²) < 4.78 is 22.4. The van der Waals surface area contributed by atoms with Crippen molar-refractivity contribution in [1.29, 1.82) is 0 Å². The fraction of sp³-hybridized carbons (Fsp3) is 0.622. The molecule has 2 N–H and O–H groups in total. The van der Waals surface area contributed by atoms with Crippen LogP contribution in [0.15, 0.2) is 54.0 Å². The number of benzene rings is 2. The van der Waals surface area contributed by atoms with Gasteiger partial charge in [-0.3, -0.25) is 4.79 Å². The highest BCUT2D eigenvalue weighted by molar-refractivity contribution is 6.15. The van der Waals surface area contributed by atoms with E-state index in [-0.39, 0.29) is 40.6 Å².